The minimum atomic E-state index is -0.0767. The van der Waals surface area contributed by atoms with Crippen molar-refractivity contribution in [3.63, 3.8) is 0 Å². The van der Waals surface area contributed by atoms with Crippen LogP contribution in [0.15, 0.2) is 39.4 Å². The third kappa shape index (κ3) is 2.93. The molecule has 0 aliphatic carbocycles. The lowest BCUT2D eigenvalue weighted by Crippen LogP contribution is -2.17. The van der Waals surface area contributed by atoms with Crippen molar-refractivity contribution in [1.29, 1.82) is 0 Å². The number of methoxy groups -OCH3 is 2. The van der Waals surface area contributed by atoms with Crippen molar-refractivity contribution in [3.05, 3.63) is 46.3 Å². The Bertz CT molecular complexity index is 553. The van der Waals surface area contributed by atoms with Crippen LogP contribution in [0.3, 0.4) is 0 Å². The van der Waals surface area contributed by atoms with Gasteiger partial charge in [-0.3, -0.25) is 0 Å². The number of nitrogens with one attached hydrogen (secondary N) is 1. The first-order valence-electron chi connectivity index (χ1n) is 5.84. The van der Waals surface area contributed by atoms with E-state index < -0.39 is 0 Å². The van der Waals surface area contributed by atoms with Gasteiger partial charge in [-0.05, 0) is 47.2 Å². The molecular weight excluding hydrogens is 310 g/mol. The molecule has 0 saturated carbocycles. The first-order chi connectivity index (χ1) is 9.19. The van der Waals surface area contributed by atoms with Crippen LogP contribution < -0.4 is 14.8 Å². The van der Waals surface area contributed by atoms with Crippen molar-refractivity contribution in [2.75, 3.05) is 21.3 Å². The molecule has 0 amide bonds. The first kappa shape index (κ1) is 14.0. The molecule has 1 heterocycles. The van der Waals surface area contributed by atoms with Gasteiger partial charge in [0.2, 0.25) is 0 Å². The number of furan rings is 1. The van der Waals surface area contributed by atoms with Crippen LogP contribution in [0.1, 0.15) is 17.4 Å². The van der Waals surface area contributed by atoms with E-state index in [0.717, 1.165) is 22.8 Å². The standard InChI is InChI=1S/C14H16BrNO3/c1-16-14(11-6-7-13(15)19-11)10-5-4-9(17-2)8-12(10)18-3/h4-8,14,16H,1-3H3. The van der Waals surface area contributed by atoms with Gasteiger partial charge in [0, 0.05) is 11.6 Å². The summed E-state index contributed by atoms with van der Waals surface area (Å²) >= 11 is 3.31. The predicted molar refractivity (Wildman–Crippen MR) is 76.9 cm³/mol. The smallest absolute Gasteiger partial charge is 0.169 e. The highest BCUT2D eigenvalue weighted by Gasteiger charge is 2.20. The van der Waals surface area contributed by atoms with Crippen molar-refractivity contribution in [2.45, 2.75) is 6.04 Å². The Balaban J connectivity index is 2.43. The Labute approximate surface area is 120 Å². The zero-order valence-corrected chi connectivity index (χ0v) is 12.7. The van der Waals surface area contributed by atoms with Crippen molar-refractivity contribution < 1.29 is 13.9 Å². The monoisotopic (exact) mass is 325 g/mol. The van der Waals surface area contributed by atoms with Crippen molar-refractivity contribution in [1.82, 2.24) is 5.32 Å². The van der Waals surface area contributed by atoms with Crippen molar-refractivity contribution in [3.8, 4) is 11.5 Å². The Hall–Kier alpha value is -1.46. The van der Waals surface area contributed by atoms with Crippen LogP contribution in [-0.2, 0) is 0 Å². The lowest BCUT2D eigenvalue weighted by atomic mass is 10.0. The predicted octanol–water partition coefficient (Wildman–Crippen LogP) is 3.37. The van der Waals surface area contributed by atoms with Gasteiger partial charge in [0.05, 0.1) is 20.3 Å². The fourth-order valence-corrected chi connectivity index (χ4v) is 2.31. The highest BCUT2D eigenvalue weighted by Crippen LogP contribution is 2.34. The Morgan fingerprint density at radius 1 is 1.16 bits per heavy atom. The third-order valence-corrected chi connectivity index (χ3v) is 3.35. The zero-order valence-electron chi connectivity index (χ0n) is 11.1. The second-order valence-electron chi connectivity index (χ2n) is 3.97. The fraction of sp³-hybridized carbons (Fsp3) is 0.286. The van der Waals surface area contributed by atoms with Gasteiger partial charge in [-0.15, -0.1) is 0 Å². The molecule has 0 fully saturated rings. The Morgan fingerprint density at radius 3 is 2.47 bits per heavy atom. The molecule has 0 spiro atoms. The van der Waals surface area contributed by atoms with E-state index in [1.54, 1.807) is 14.2 Å². The van der Waals surface area contributed by atoms with Crippen LogP contribution >= 0.6 is 15.9 Å². The van der Waals surface area contributed by atoms with Gasteiger partial charge in [0.1, 0.15) is 17.3 Å². The molecular formula is C14H16BrNO3. The lowest BCUT2D eigenvalue weighted by Gasteiger charge is -2.18. The largest absolute Gasteiger partial charge is 0.497 e. The zero-order chi connectivity index (χ0) is 13.8. The molecule has 2 aromatic rings. The average molecular weight is 326 g/mol. The van der Waals surface area contributed by atoms with E-state index in [1.807, 2.05) is 37.4 Å². The lowest BCUT2D eigenvalue weighted by molar-refractivity contribution is 0.382. The molecule has 0 radical (unpaired) electrons. The van der Waals surface area contributed by atoms with Gasteiger partial charge in [-0.2, -0.15) is 0 Å². The van der Waals surface area contributed by atoms with Gasteiger partial charge in [-0.25, -0.2) is 0 Å². The number of hydrogen-bond donors (Lipinski definition) is 1. The summed E-state index contributed by atoms with van der Waals surface area (Å²) in [6.07, 6.45) is 0. The normalized spacial score (nSPS) is 12.2. The topological polar surface area (TPSA) is 43.6 Å². The van der Waals surface area contributed by atoms with Gasteiger partial charge in [0.25, 0.3) is 0 Å². The highest BCUT2D eigenvalue weighted by atomic mass is 79.9. The first-order valence-corrected chi connectivity index (χ1v) is 6.63. The molecule has 0 aliphatic rings. The van der Waals surface area contributed by atoms with E-state index >= 15 is 0 Å². The summed E-state index contributed by atoms with van der Waals surface area (Å²) in [6.45, 7) is 0. The van der Waals surface area contributed by atoms with Crippen LogP contribution in [0.2, 0.25) is 0 Å². The second kappa shape index (κ2) is 6.12. The van der Waals surface area contributed by atoms with Crippen LogP contribution in [0.5, 0.6) is 11.5 Å². The molecule has 102 valence electrons. The Morgan fingerprint density at radius 2 is 1.95 bits per heavy atom. The number of rotatable bonds is 5. The molecule has 1 aromatic heterocycles. The SMILES string of the molecule is CNC(c1ccc(Br)o1)c1ccc(OC)cc1OC. The molecule has 4 nitrogen and oxygen atoms in total. The van der Waals surface area contributed by atoms with Crippen LogP contribution in [0.4, 0.5) is 0 Å². The van der Waals surface area contributed by atoms with Crippen molar-refractivity contribution >= 4 is 15.9 Å². The third-order valence-electron chi connectivity index (χ3n) is 2.92. The molecule has 2 rings (SSSR count). The molecule has 1 N–H and O–H groups in total. The van der Waals surface area contributed by atoms with Crippen molar-refractivity contribution in [2.24, 2.45) is 0 Å². The van der Waals surface area contributed by atoms with E-state index in [0.29, 0.717) is 4.67 Å². The summed E-state index contributed by atoms with van der Waals surface area (Å²) in [7, 11) is 5.15. The van der Waals surface area contributed by atoms with Gasteiger partial charge < -0.3 is 19.2 Å². The Kier molecular flexibility index (Phi) is 4.50. The minimum Gasteiger partial charge on any atom is -0.497 e. The summed E-state index contributed by atoms with van der Waals surface area (Å²) in [4.78, 5) is 0. The molecule has 1 aromatic carbocycles. The number of ether oxygens (including phenoxy) is 2. The summed E-state index contributed by atoms with van der Waals surface area (Å²) in [5.41, 5.74) is 0.993. The second-order valence-corrected chi connectivity index (χ2v) is 4.75. The molecule has 1 atom stereocenters. The fourth-order valence-electron chi connectivity index (χ4n) is 1.99. The molecule has 19 heavy (non-hydrogen) atoms. The quantitative estimate of drug-likeness (QED) is 0.915. The number of halogens is 1. The van der Waals surface area contributed by atoms with E-state index in [4.69, 9.17) is 13.9 Å². The average Bonchev–Trinajstić information content (AvgIpc) is 2.86. The van der Waals surface area contributed by atoms with E-state index in [2.05, 4.69) is 21.2 Å². The van der Waals surface area contributed by atoms with Gasteiger partial charge in [-0.1, -0.05) is 0 Å². The van der Waals surface area contributed by atoms with Gasteiger partial charge >= 0.3 is 0 Å². The van der Waals surface area contributed by atoms with E-state index in [-0.39, 0.29) is 6.04 Å². The summed E-state index contributed by atoms with van der Waals surface area (Å²) in [5.74, 6) is 2.33. The molecule has 0 bridgehead atoms. The maximum absolute atomic E-state index is 5.61. The van der Waals surface area contributed by atoms with Crippen LogP contribution in [-0.4, -0.2) is 21.3 Å². The maximum Gasteiger partial charge on any atom is 0.169 e. The van der Waals surface area contributed by atoms with Crippen LogP contribution in [0, 0.1) is 0 Å². The van der Waals surface area contributed by atoms with Crippen LogP contribution in [0.25, 0.3) is 0 Å². The number of benzene rings is 1. The summed E-state index contributed by atoms with van der Waals surface area (Å²) in [6, 6.07) is 9.45. The van der Waals surface area contributed by atoms with E-state index in [1.165, 1.54) is 0 Å². The molecule has 0 aliphatic heterocycles. The minimum absolute atomic E-state index is 0.0767. The molecule has 1 unspecified atom stereocenters. The molecule has 0 saturated heterocycles. The highest BCUT2D eigenvalue weighted by molar-refractivity contribution is 9.10. The summed E-state index contributed by atoms with van der Waals surface area (Å²) in [5, 5.41) is 3.22. The van der Waals surface area contributed by atoms with E-state index in [9.17, 15) is 0 Å². The number of hydrogen-bond acceptors (Lipinski definition) is 4. The van der Waals surface area contributed by atoms with Gasteiger partial charge in [0.15, 0.2) is 4.67 Å². The summed E-state index contributed by atoms with van der Waals surface area (Å²) < 4.78 is 16.9. The molecule has 5 heteroatoms. The maximum atomic E-state index is 5.61.